The molecule has 8 rings (SSSR count). The molecule has 16 atom stereocenters. The maximum atomic E-state index is 14.3. The minimum absolute atomic E-state index is 0.0227. The molecule has 7 fully saturated rings. The van der Waals surface area contributed by atoms with E-state index in [1.165, 1.54) is 20.3 Å². The summed E-state index contributed by atoms with van der Waals surface area (Å²) in [6, 6.07) is 0. The van der Waals surface area contributed by atoms with Crippen molar-refractivity contribution in [2.45, 2.75) is 101 Å². The molecule has 2 bridgehead atoms. The molecule has 3 saturated carbocycles. The molecule has 13 heteroatoms. The van der Waals surface area contributed by atoms with E-state index in [1.54, 1.807) is 19.9 Å². The zero-order chi connectivity index (χ0) is 32.3. The second kappa shape index (κ2) is 8.86. The van der Waals surface area contributed by atoms with E-state index < -0.39 is 112 Å². The number of fused-ring (bicyclic) bond motifs is 7. The minimum atomic E-state index is -1.58. The molecule has 248 valence electrons. The molecule has 45 heavy (non-hydrogen) atoms. The summed E-state index contributed by atoms with van der Waals surface area (Å²) in [7, 11) is 1.24. The highest BCUT2D eigenvalue weighted by Crippen LogP contribution is 2.82. The van der Waals surface area contributed by atoms with Gasteiger partial charge in [-0.05, 0) is 25.8 Å². The second-order valence-corrected chi connectivity index (χ2v) is 15.3. The molecular formula is C32H42O13. The molecule has 0 aromatic heterocycles. The molecule has 0 unspecified atom stereocenters. The first-order valence-corrected chi connectivity index (χ1v) is 15.9. The number of hydrogen-bond donors (Lipinski definition) is 3. The van der Waals surface area contributed by atoms with Gasteiger partial charge in [-0.15, -0.1) is 0 Å². The fraction of sp³-hybridized carbons (Fsp3) is 0.844. The fourth-order valence-corrected chi connectivity index (χ4v) is 12.1. The van der Waals surface area contributed by atoms with Crippen LogP contribution in [0.4, 0.5) is 0 Å². The molecule has 0 aromatic carbocycles. The van der Waals surface area contributed by atoms with Crippen molar-refractivity contribution in [2.75, 3.05) is 20.3 Å². The molecule has 5 heterocycles. The van der Waals surface area contributed by atoms with E-state index >= 15 is 0 Å². The van der Waals surface area contributed by atoms with Crippen molar-refractivity contribution < 1.29 is 62.9 Å². The van der Waals surface area contributed by atoms with Crippen LogP contribution in [0.1, 0.15) is 47.5 Å². The third kappa shape index (κ3) is 3.00. The van der Waals surface area contributed by atoms with Crippen LogP contribution in [0.2, 0.25) is 0 Å². The monoisotopic (exact) mass is 634 g/mol. The third-order valence-corrected chi connectivity index (χ3v) is 13.6. The number of Topliss-reactive ketones (excluding diaryl/α,β-unsaturated/α-hetero) is 1. The molecule has 0 aromatic rings. The largest absolute Gasteiger partial charge is 0.469 e. The number of carbonyl (C=O) groups is 3. The Morgan fingerprint density at radius 1 is 1.04 bits per heavy atom. The maximum absolute atomic E-state index is 14.3. The summed E-state index contributed by atoms with van der Waals surface area (Å²) in [5.74, 6) is -5.10. The zero-order valence-electron chi connectivity index (χ0n) is 26.3. The first-order valence-electron chi connectivity index (χ1n) is 15.9. The number of aliphatic hydroxyl groups excluding tert-OH is 2. The van der Waals surface area contributed by atoms with Gasteiger partial charge in [0.15, 0.2) is 11.9 Å². The van der Waals surface area contributed by atoms with Crippen LogP contribution in [-0.4, -0.2) is 107 Å². The Balaban J connectivity index is 1.35. The summed E-state index contributed by atoms with van der Waals surface area (Å²) in [5, 5.41) is 36.3. The van der Waals surface area contributed by atoms with E-state index in [1.807, 2.05) is 13.8 Å². The average Bonchev–Trinajstić information content (AvgIpc) is 3.38. The number of ether oxygens (including phenoxy) is 7. The highest BCUT2D eigenvalue weighted by Gasteiger charge is 2.95. The van der Waals surface area contributed by atoms with Gasteiger partial charge in [-0.1, -0.05) is 20.8 Å². The van der Waals surface area contributed by atoms with E-state index in [2.05, 4.69) is 0 Å². The summed E-state index contributed by atoms with van der Waals surface area (Å²) in [6.45, 7) is 8.16. The molecule has 13 nitrogen and oxygen atoms in total. The molecule has 4 saturated heterocycles. The van der Waals surface area contributed by atoms with Gasteiger partial charge in [0.05, 0.1) is 44.9 Å². The van der Waals surface area contributed by atoms with Crippen LogP contribution in [-0.2, 0) is 47.5 Å². The average molecular weight is 635 g/mol. The van der Waals surface area contributed by atoms with Crippen LogP contribution < -0.4 is 0 Å². The predicted octanol–water partition coefficient (Wildman–Crippen LogP) is 0.217. The lowest BCUT2D eigenvalue weighted by atomic mass is 9.36. The zero-order valence-corrected chi connectivity index (χ0v) is 26.3. The highest BCUT2D eigenvalue weighted by atomic mass is 16.7. The van der Waals surface area contributed by atoms with Crippen LogP contribution >= 0.6 is 0 Å². The van der Waals surface area contributed by atoms with Crippen LogP contribution in [0.5, 0.6) is 0 Å². The first-order chi connectivity index (χ1) is 21.1. The Kier molecular flexibility index (Phi) is 5.95. The van der Waals surface area contributed by atoms with Crippen LogP contribution in [0, 0.1) is 45.8 Å². The predicted molar refractivity (Wildman–Crippen MR) is 147 cm³/mol. The van der Waals surface area contributed by atoms with E-state index in [-0.39, 0.29) is 25.4 Å². The highest BCUT2D eigenvalue weighted by molar-refractivity contribution is 5.86. The number of rotatable bonds is 5. The Labute approximate surface area is 260 Å². The molecule has 1 spiro atoms. The van der Waals surface area contributed by atoms with Crippen LogP contribution in [0.3, 0.4) is 0 Å². The van der Waals surface area contributed by atoms with E-state index in [9.17, 15) is 29.7 Å². The smallest absolute Gasteiger partial charge is 0.318 e. The van der Waals surface area contributed by atoms with Gasteiger partial charge in [-0.3, -0.25) is 14.4 Å². The summed E-state index contributed by atoms with van der Waals surface area (Å²) in [6.07, 6.45) is -3.21. The number of esters is 2. The summed E-state index contributed by atoms with van der Waals surface area (Å²) in [4.78, 5) is 40.7. The Morgan fingerprint density at radius 2 is 1.78 bits per heavy atom. The standard InChI is InChI=1S/C32H42O13/c1-13(2)19(34)15-9-17(43-14(3)33)30(25(37)39-6)12-41-20-21(30)29(15)11-42-24(36)22(29)27(4,23(20)35)32-18-10-16(28(32,5)45-32)31(38)7-8-40-26(31)44-18/h7-8,13,15-18,20-24,26,35-36,38H,9-12H2,1-6H3/t15-,16-,17-,18+,20-,21-,22+,23-,24+,26+,27+,28+,29-,30+,31+,32+/m1/s1. The number of ketones is 1. The second-order valence-electron chi connectivity index (χ2n) is 15.3. The molecule has 3 aliphatic carbocycles. The number of carbonyl (C=O) groups excluding carboxylic acids is 3. The van der Waals surface area contributed by atoms with Crippen molar-refractivity contribution >= 4 is 17.7 Å². The summed E-state index contributed by atoms with van der Waals surface area (Å²) in [5.41, 5.74) is -7.96. The van der Waals surface area contributed by atoms with Gasteiger partial charge in [-0.2, -0.15) is 0 Å². The molecular weight excluding hydrogens is 592 g/mol. The lowest BCUT2D eigenvalue weighted by molar-refractivity contribution is -0.296. The molecule has 3 N–H and O–H groups in total. The van der Waals surface area contributed by atoms with Crippen molar-refractivity contribution in [1.82, 2.24) is 0 Å². The van der Waals surface area contributed by atoms with Gasteiger partial charge in [0.1, 0.15) is 28.5 Å². The van der Waals surface area contributed by atoms with Crippen molar-refractivity contribution in [3.8, 4) is 0 Å². The van der Waals surface area contributed by atoms with Crippen molar-refractivity contribution in [1.29, 1.82) is 0 Å². The van der Waals surface area contributed by atoms with Crippen LogP contribution in [0.15, 0.2) is 12.3 Å². The molecule has 0 radical (unpaired) electrons. The lowest BCUT2D eigenvalue weighted by Crippen LogP contribution is -2.76. The fourth-order valence-electron chi connectivity index (χ4n) is 12.1. The van der Waals surface area contributed by atoms with Gasteiger partial charge in [0, 0.05) is 47.3 Å². The van der Waals surface area contributed by atoms with Crippen molar-refractivity contribution in [3.63, 3.8) is 0 Å². The van der Waals surface area contributed by atoms with Gasteiger partial charge >= 0.3 is 11.9 Å². The number of methoxy groups -OCH3 is 1. The Morgan fingerprint density at radius 3 is 2.44 bits per heavy atom. The van der Waals surface area contributed by atoms with Gasteiger partial charge in [0.25, 0.3) is 0 Å². The maximum Gasteiger partial charge on any atom is 0.318 e. The number of aliphatic hydroxyl groups is 3. The molecule has 0 amide bonds. The topological polar surface area (TPSA) is 180 Å². The SMILES string of the molecule is COC(=O)[C@@]12CO[C@H]3[C@@H](O)[C@@](C)([C@]45O[C@@]4(C)[C@H]4C[C@@H]5O[C@@H]5OC=C[C@@]54O)[C@@H]4[C@@H](O)OC[C@@]4([C@@H](C(=O)C(C)C)C[C@H]1OC(C)=O)[C@@H]32. The normalized spacial score (nSPS) is 57.8. The summed E-state index contributed by atoms with van der Waals surface area (Å²) >= 11 is 0. The van der Waals surface area contributed by atoms with Gasteiger partial charge < -0.3 is 48.5 Å². The minimum Gasteiger partial charge on any atom is -0.469 e. The third-order valence-electron chi connectivity index (χ3n) is 13.6. The Bertz CT molecular complexity index is 1400. The summed E-state index contributed by atoms with van der Waals surface area (Å²) < 4.78 is 42.5. The number of hydrogen-bond acceptors (Lipinski definition) is 13. The van der Waals surface area contributed by atoms with E-state index in [0.29, 0.717) is 6.42 Å². The Hall–Kier alpha value is -2.13. The lowest BCUT2D eigenvalue weighted by Gasteiger charge is -2.65. The van der Waals surface area contributed by atoms with Crippen molar-refractivity contribution in [2.24, 2.45) is 45.8 Å². The number of epoxide rings is 1. The van der Waals surface area contributed by atoms with E-state index in [4.69, 9.17) is 33.2 Å². The first kappa shape index (κ1) is 30.2. The van der Waals surface area contributed by atoms with E-state index in [0.717, 1.165) is 0 Å². The van der Waals surface area contributed by atoms with Crippen LogP contribution in [0.25, 0.3) is 0 Å². The van der Waals surface area contributed by atoms with Gasteiger partial charge in [0.2, 0.25) is 6.29 Å². The van der Waals surface area contributed by atoms with Crippen molar-refractivity contribution in [3.05, 3.63) is 12.3 Å². The van der Waals surface area contributed by atoms with Gasteiger partial charge in [-0.25, -0.2) is 0 Å². The molecule has 8 aliphatic rings. The quantitative estimate of drug-likeness (QED) is 0.276. The molecule has 5 aliphatic heterocycles.